The second-order valence-electron chi connectivity index (χ2n) is 6.48. The topological polar surface area (TPSA) is 29.1 Å². The Morgan fingerprint density at radius 2 is 2.05 bits per heavy atom. The van der Waals surface area contributed by atoms with E-state index in [0.717, 1.165) is 22.4 Å². The van der Waals surface area contributed by atoms with Crippen molar-refractivity contribution in [1.82, 2.24) is 5.32 Å². The van der Waals surface area contributed by atoms with Gasteiger partial charge in [-0.1, -0.05) is 30.2 Å². The van der Waals surface area contributed by atoms with Crippen LogP contribution in [0.15, 0.2) is 24.3 Å². The molecule has 0 saturated heterocycles. The Hall–Kier alpha value is -1.02. The SMILES string of the molecule is CC(NC(=O)CC1CC2CCC1C2)c1ccc(Cl)cc1. The number of halogens is 1. The maximum absolute atomic E-state index is 12.2. The highest BCUT2D eigenvalue weighted by Gasteiger charge is 2.40. The first kappa shape index (κ1) is 13.9. The summed E-state index contributed by atoms with van der Waals surface area (Å²) in [5, 5.41) is 3.85. The van der Waals surface area contributed by atoms with Crippen molar-refractivity contribution in [2.24, 2.45) is 17.8 Å². The van der Waals surface area contributed by atoms with Crippen LogP contribution >= 0.6 is 11.6 Å². The summed E-state index contributed by atoms with van der Waals surface area (Å²) in [4.78, 5) is 12.2. The largest absolute Gasteiger partial charge is 0.350 e. The van der Waals surface area contributed by atoms with Crippen molar-refractivity contribution in [1.29, 1.82) is 0 Å². The third-order valence-corrected chi connectivity index (χ3v) is 5.33. The second kappa shape index (κ2) is 5.77. The molecule has 2 bridgehead atoms. The van der Waals surface area contributed by atoms with Gasteiger partial charge in [0, 0.05) is 11.4 Å². The first-order valence-electron chi connectivity index (χ1n) is 7.66. The van der Waals surface area contributed by atoms with Gasteiger partial charge in [0.25, 0.3) is 0 Å². The van der Waals surface area contributed by atoms with Gasteiger partial charge in [-0.15, -0.1) is 0 Å². The van der Waals surface area contributed by atoms with Gasteiger partial charge in [0.15, 0.2) is 0 Å². The molecule has 4 atom stereocenters. The van der Waals surface area contributed by atoms with Crippen LogP contribution < -0.4 is 5.32 Å². The summed E-state index contributed by atoms with van der Waals surface area (Å²) in [5.41, 5.74) is 1.11. The number of nitrogens with one attached hydrogen (secondary N) is 1. The molecule has 1 amide bonds. The van der Waals surface area contributed by atoms with Crippen LogP contribution in [0.4, 0.5) is 0 Å². The van der Waals surface area contributed by atoms with Gasteiger partial charge < -0.3 is 5.32 Å². The van der Waals surface area contributed by atoms with E-state index in [2.05, 4.69) is 5.32 Å². The minimum Gasteiger partial charge on any atom is -0.350 e. The zero-order valence-corrected chi connectivity index (χ0v) is 12.7. The molecule has 1 aromatic carbocycles. The van der Waals surface area contributed by atoms with E-state index >= 15 is 0 Å². The van der Waals surface area contributed by atoms with Gasteiger partial charge in [-0.05, 0) is 61.6 Å². The van der Waals surface area contributed by atoms with E-state index in [4.69, 9.17) is 11.6 Å². The Morgan fingerprint density at radius 1 is 1.30 bits per heavy atom. The molecule has 0 heterocycles. The monoisotopic (exact) mass is 291 g/mol. The fourth-order valence-corrected chi connectivity index (χ4v) is 4.13. The number of fused-ring (bicyclic) bond motifs is 2. The van der Waals surface area contributed by atoms with Crippen LogP contribution in [0.25, 0.3) is 0 Å². The molecule has 108 valence electrons. The zero-order chi connectivity index (χ0) is 14.1. The molecule has 4 unspecified atom stereocenters. The average Bonchev–Trinajstić information content (AvgIpc) is 3.01. The summed E-state index contributed by atoms with van der Waals surface area (Å²) in [5.74, 6) is 2.55. The van der Waals surface area contributed by atoms with Crippen molar-refractivity contribution in [2.75, 3.05) is 0 Å². The number of carbonyl (C=O) groups is 1. The van der Waals surface area contributed by atoms with Crippen LogP contribution in [0, 0.1) is 17.8 Å². The minimum absolute atomic E-state index is 0.0540. The maximum atomic E-state index is 12.2. The molecule has 2 saturated carbocycles. The van der Waals surface area contributed by atoms with Gasteiger partial charge in [-0.25, -0.2) is 0 Å². The summed E-state index contributed by atoms with van der Waals surface area (Å²) in [6, 6.07) is 7.75. The fourth-order valence-electron chi connectivity index (χ4n) is 4.00. The van der Waals surface area contributed by atoms with Crippen LogP contribution in [-0.2, 0) is 4.79 Å². The van der Waals surface area contributed by atoms with E-state index in [1.54, 1.807) is 0 Å². The van der Waals surface area contributed by atoms with Crippen LogP contribution in [0.1, 0.15) is 50.6 Å². The highest BCUT2D eigenvalue weighted by molar-refractivity contribution is 6.30. The molecule has 2 aliphatic rings. The predicted molar refractivity (Wildman–Crippen MR) is 81.6 cm³/mol. The van der Waals surface area contributed by atoms with E-state index in [1.807, 2.05) is 31.2 Å². The standard InChI is InChI=1S/C17H22ClNO/c1-11(13-4-6-16(18)7-5-13)19-17(20)10-15-9-12-2-3-14(15)8-12/h4-7,11-12,14-15H,2-3,8-10H2,1H3,(H,19,20). The van der Waals surface area contributed by atoms with Gasteiger partial charge in [-0.2, -0.15) is 0 Å². The number of carbonyl (C=O) groups excluding carboxylic acids is 1. The van der Waals surface area contributed by atoms with Crippen molar-refractivity contribution in [3.05, 3.63) is 34.9 Å². The molecule has 1 aromatic rings. The summed E-state index contributed by atoms with van der Waals surface area (Å²) in [7, 11) is 0. The van der Waals surface area contributed by atoms with Crippen LogP contribution in [0.2, 0.25) is 5.02 Å². The third kappa shape index (κ3) is 3.01. The van der Waals surface area contributed by atoms with Crippen molar-refractivity contribution in [3.63, 3.8) is 0 Å². The summed E-state index contributed by atoms with van der Waals surface area (Å²) >= 11 is 5.88. The van der Waals surface area contributed by atoms with Crippen LogP contribution in [-0.4, -0.2) is 5.91 Å². The number of benzene rings is 1. The zero-order valence-electron chi connectivity index (χ0n) is 11.9. The smallest absolute Gasteiger partial charge is 0.220 e. The Labute approximate surface area is 125 Å². The molecular weight excluding hydrogens is 270 g/mol. The van der Waals surface area contributed by atoms with E-state index in [1.165, 1.54) is 25.7 Å². The molecule has 0 aromatic heterocycles. The Kier molecular flexibility index (Phi) is 4.02. The van der Waals surface area contributed by atoms with Crippen molar-refractivity contribution in [3.8, 4) is 0 Å². The highest BCUT2D eigenvalue weighted by Crippen LogP contribution is 2.49. The van der Waals surface area contributed by atoms with E-state index in [0.29, 0.717) is 12.3 Å². The molecule has 20 heavy (non-hydrogen) atoms. The number of amides is 1. The number of hydrogen-bond acceptors (Lipinski definition) is 1. The molecule has 0 aliphatic heterocycles. The predicted octanol–water partition coefficient (Wildman–Crippen LogP) is 4.34. The van der Waals surface area contributed by atoms with Crippen LogP contribution in [0.3, 0.4) is 0 Å². The molecule has 2 aliphatic carbocycles. The Morgan fingerprint density at radius 3 is 2.65 bits per heavy atom. The van der Waals surface area contributed by atoms with Gasteiger partial charge in [0.05, 0.1) is 6.04 Å². The summed E-state index contributed by atoms with van der Waals surface area (Å²) in [6.45, 7) is 2.03. The lowest BCUT2D eigenvalue weighted by Gasteiger charge is -2.22. The fraction of sp³-hybridized carbons (Fsp3) is 0.588. The van der Waals surface area contributed by atoms with Crippen LogP contribution in [0.5, 0.6) is 0 Å². The summed E-state index contributed by atoms with van der Waals surface area (Å²) < 4.78 is 0. The normalized spacial score (nSPS) is 29.4. The lowest BCUT2D eigenvalue weighted by molar-refractivity contribution is -0.123. The first-order chi connectivity index (χ1) is 9.61. The van der Waals surface area contributed by atoms with E-state index in [-0.39, 0.29) is 11.9 Å². The quantitative estimate of drug-likeness (QED) is 0.878. The lowest BCUT2D eigenvalue weighted by Crippen LogP contribution is -2.29. The number of rotatable bonds is 4. The van der Waals surface area contributed by atoms with Crippen molar-refractivity contribution in [2.45, 2.75) is 45.1 Å². The molecule has 3 heteroatoms. The third-order valence-electron chi connectivity index (χ3n) is 5.08. The first-order valence-corrected chi connectivity index (χ1v) is 8.04. The maximum Gasteiger partial charge on any atom is 0.220 e. The van der Waals surface area contributed by atoms with E-state index < -0.39 is 0 Å². The molecule has 2 fully saturated rings. The molecule has 3 rings (SSSR count). The highest BCUT2D eigenvalue weighted by atomic mass is 35.5. The summed E-state index contributed by atoms with van der Waals surface area (Å²) in [6.07, 6.45) is 6.08. The lowest BCUT2D eigenvalue weighted by atomic mass is 9.86. The Bertz CT molecular complexity index is 484. The molecule has 0 spiro atoms. The molecule has 1 N–H and O–H groups in total. The van der Waals surface area contributed by atoms with E-state index in [9.17, 15) is 4.79 Å². The van der Waals surface area contributed by atoms with Gasteiger partial charge >= 0.3 is 0 Å². The van der Waals surface area contributed by atoms with Gasteiger partial charge in [0.1, 0.15) is 0 Å². The van der Waals surface area contributed by atoms with Gasteiger partial charge in [0.2, 0.25) is 5.91 Å². The molecule has 0 radical (unpaired) electrons. The number of hydrogen-bond donors (Lipinski definition) is 1. The van der Waals surface area contributed by atoms with Gasteiger partial charge in [-0.3, -0.25) is 4.79 Å². The minimum atomic E-state index is 0.0540. The van der Waals surface area contributed by atoms with Crippen molar-refractivity contribution >= 4 is 17.5 Å². The van der Waals surface area contributed by atoms with Crippen molar-refractivity contribution < 1.29 is 4.79 Å². The average molecular weight is 292 g/mol. The Balaban J connectivity index is 1.52. The molecular formula is C17H22ClNO. The molecule has 2 nitrogen and oxygen atoms in total. The second-order valence-corrected chi connectivity index (χ2v) is 6.92.